The molecular weight excluding hydrogens is 286 g/mol. The minimum Gasteiger partial charge on any atom is -0.299 e. The fourth-order valence-electron chi connectivity index (χ4n) is 4.69. The van der Waals surface area contributed by atoms with Gasteiger partial charge in [-0.1, -0.05) is 34.6 Å². The lowest BCUT2D eigenvalue weighted by Crippen LogP contribution is -2.52. The van der Waals surface area contributed by atoms with E-state index in [4.69, 9.17) is 4.98 Å². The van der Waals surface area contributed by atoms with E-state index in [0.717, 1.165) is 24.9 Å². The molecule has 2 atom stereocenters. The third-order valence-electron chi connectivity index (χ3n) is 5.93. The summed E-state index contributed by atoms with van der Waals surface area (Å²) < 4.78 is 1.86. The SMILES string of the molecule is CC.CC1(C)C(=O)CCC2(C)c3nc4ccnn4cc3CCC12. The van der Waals surface area contributed by atoms with Crippen molar-refractivity contribution >= 4 is 11.4 Å². The lowest BCUT2D eigenvalue weighted by Gasteiger charge is -2.52. The van der Waals surface area contributed by atoms with Gasteiger partial charge in [0.25, 0.3) is 0 Å². The van der Waals surface area contributed by atoms with Gasteiger partial charge in [-0.2, -0.15) is 5.10 Å². The van der Waals surface area contributed by atoms with Gasteiger partial charge in [0, 0.05) is 29.5 Å². The second-order valence-corrected chi connectivity index (χ2v) is 7.40. The number of nitrogens with zero attached hydrogens (tertiary/aromatic N) is 3. The number of carbonyl (C=O) groups is 1. The summed E-state index contributed by atoms with van der Waals surface area (Å²) in [5.74, 6) is 0.801. The van der Waals surface area contributed by atoms with Crippen LogP contribution in [0.25, 0.3) is 5.65 Å². The first-order valence-corrected chi connectivity index (χ1v) is 8.80. The highest BCUT2D eigenvalue weighted by Crippen LogP contribution is 2.55. The smallest absolute Gasteiger partial charge is 0.155 e. The number of hydrogen-bond acceptors (Lipinski definition) is 3. The van der Waals surface area contributed by atoms with Gasteiger partial charge in [0.2, 0.25) is 0 Å². The molecule has 4 rings (SSSR count). The zero-order valence-electron chi connectivity index (χ0n) is 14.9. The van der Waals surface area contributed by atoms with Crippen molar-refractivity contribution in [3.8, 4) is 0 Å². The van der Waals surface area contributed by atoms with Crippen molar-refractivity contribution in [2.24, 2.45) is 11.3 Å². The Morgan fingerprint density at radius 1 is 1.22 bits per heavy atom. The molecule has 1 fully saturated rings. The molecule has 4 heteroatoms. The molecule has 2 unspecified atom stereocenters. The molecule has 0 bridgehead atoms. The Bertz CT molecular complexity index is 746. The largest absolute Gasteiger partial charge is 0.299 e. The molecular formula is C19H27N3O. The van der Waals surface area contributed by atoms with E-state index in [1.165, 1.54) is 11.3 Å². The Morgan fingerprint density at radius 3 is 2.70 bits per heavy atom. The highest BCUT2D eigenvalue weighted by atomic mass is 16.1. The molecule has 0 radical (unpaired) electrons. The first kappa shape index (κ1) is 16.2. The molecule has 0 aromatic carbocycles. The van der Waals surface area contributed by atoms with Crippen LogP contribution in [0.3, 0.4) is 0 Å². The van der Waals surface area contributed by atoms with Gasteiger partial charge in [-0.25, -0.2) is 9.50 Å². The summed E-state index contributed by atoms with van der Waals surface area (Å²) in [6, 6.07) is 1.95. The standard InChI is InChI=1S/C17H21N3O.C2H6/c1-16(2)12-5-4-11-10-20-14(7-9-18-20)19-15(11)17(12,3)8-6-13(16)21;1-2/h7,9-10,12H,4-6,8H2,1-3H3;1-2H3. The summed E-state index contributed by atoms with van der Waals surface area (Å²) in [5, 5.41) is 4.29. The van der Waals surface area contributed by atoms with Crippen LogP contribution in [-0.2, 0) is 16.6 Å². The highest BCUT2D eigenvalue weighted by Gasteiger charge is 2.54. The second-order valence-electron chi connectivity index (χ2n) is 7.40. The van der Waals surface area contributed by atoms with Gasteiger partial charge in [-0.3, -0.25) is 4.79 Å². The van der Waals surface area contributed by atoms with Gasteiger partial charge < -0.3 is 0 Å². The number of aryl methyl sites for hydroxylation is 1. The number of hydrogen-bond donors (Lipinski definition) is 0. The first-order valence-electron chi connectivity index (χ1n) is 8.80. The van der Waals surface area contributed by atoms with E-state index in [0.29, 0.717) is 18.1 Å². The lowest BCUT2D eigenvalue weighted by molar-refractivity contribution is -0.137. The fraction of sp³-hybridized carbons (Fsp3) is 0.632. The zero-order chi connectivity index (χ0) is 16.8. The van der Waals surface area contributed by atoms with E-state index in [1.807, 2.05) is 24.4 Å². The molecule has 23 heavy (non-hydrogen) atoms. The summed E-state index contributed by atoms with van der Waals surface area (Å²) in [6.45, 7) is 10.6. The molecule has 0 aliphatic heterocycles. The van der Waals surface area contributed by atoms with Crippen molar-refractivity contribution in [2.75, 3.05) is 0 Å². The van der Waals surface area contributed by atoms with E-state index in [9.17, 15) is 4.79 Å². The summed E-state index contributed by atoms with van der Waals surface area (Å²) in [5.41, 5.74) is 3.18. The normalized spacial score (nSPS) is 28.6. The van der Waals surface area contributed by atoms with Gasteiger partial charge in [0.1, 0.15) is 5.78 Å². The Morgan fingerprint density at radius 2 is 1.96 bits per heavy atom. The third kappa shape index (κ3) is 2.22. The van der Waals surface area contributed by atoms with Crippen molar-refractivity contribution in [3.63, 3.8) is 0 Å². The average Bonchev–Trinajstić information content (AvgIpc) is 2.99. The van der Waals surface area contributed by atoms with E-state index in [1.54, 1.807) is 6.20 Å². The van der Waals surface area contributed by atoms with E-state index in [-0.39, 0.29) is 10.8 Å². The number of rotatable bonds is 0. The van der Waals surface area contributed by atoms with Crippen LogP contribution in [0.1, 0.15) is 65.1 Å². The molecule has 2 aliphatic rings. The number of ketones is 1. The molecule has 2 aromatic rings. The fourth-order valence-corrected chi connectivity index (χ4v) is 4.69. The average molecular weight is 313 g/mol. The molecule has 2 heterocycles. The molecule has 0 amide bonds. The second kappa shape index (κ2) is 5.43. The molecule has 4 nitrogen and oxygen atoms in total. The van der Waals surface area contributed by atoms with Crippen LogP contribution in [0.2, 0.25) is 0 Å². The molecule has 2 aliphatic carbocycles. The molecule has 0 saturated heterocycles. The van der Waals surface area contributed by atoms with Crippen LogP contribution in [-0.4, -0.2) is 20.4 Å². The Hall–Kier alpha value is -1.71. The van der Waals surface area contributed by atoms with Crippen LogP contribution in [0, 0.1) is 11.3 Å². The molecule has 0 spiro atoms. The Kier molecular flexibility index (Phi) is 3.81. The minimum atomic E-state index is -0.237. The van der Waals surface area contributed by atoms with E-state index >= 15 is 0 Å². The maximum absolute atomic E-state index is 12.4. The van der Waals surface area contributed by atoms with Crippen LogP contribution >= 0.6 is 0 Å². The molecule has 0 N–H and O–H groups in total. The Labute approximate surface area is 138 Å². The molecule has 2 aromatic heterocycles. The van der Waals surface area contributed by atoms with Crippen molar-refractivity contribution in [1.82, 2.24) is 14.6 Å². The predicted molar refractivity (Wildman–Crippen MR) is 91.5 cm³/mol. The first-order chi connectivity index (χ1) is 10.9. The van der Waals surface area contributed by atoms with Crippen molar-refractivity contribution < 1.29 is 4.79 Å². The maximum atomic E-state index is 12.4. The van der Waals surface area contributed by atoms with Crippen molar-refractivity contribution in [2.45, 2.75) is 65.7 Å². The summed E-state index contributed by atoms with van der Waals surface area (Å²) in [6.07, 6.45) is 7.58. The van der Waals surface area contributed by atoms with Crippen LogP contribution in [0.5, 0.6) is 0 Å². The Balaban J connectivity index is 0.000000753. The number of carbonyl (C=O) groups excluding carboxylic acids is 1. The number of fused-ring (bicyclic) bond motifs is 4. The maximum Gasteiger partial charge on any atom is 0.155 e. The van der Waals surface area contributed by atoms with E-state index < -0.39 is 0 Å². The van der Waals surface area contributed by atoms with Gasteiger partial charge in [-0.05, 0) is 30.7 Å². The summed E-state index contributed by atoms with van der Waals surface area (Å²) in [4.78, 5) is 17.3. The summed E-state index contributed by atoms with van der Waals surface area (Å²) in [7, 11) is 0. The van der Waals surface area contributed by atoms with Crippen molar-refractivity contribution in [1.29, 1.82) is 0 Å². The van der Waals surface area contributed by atoms with Gasteiger partial charge in [0.05, 0.1) is 11.9 Å². The van der Waals surface area contributed by atoms with E-state index in [2.05, 4.69) is 32.1 Å². The van der Waals surface area contributed by atoms with Crippen LogP contribution < -0.4 is 0 Å². The monoisotopic (exact) mass is 313 g/mol. The topological polar surface area (TPSA) is 47.3 Å². The molecule has 124 valence electrons. The van der Waals surface area contributed by atoms with Crippen molar-refractivity contribution in [3.05, 3.63) is 29.7 Å². The predicted octanol–water partition coefficient (Wildman–Crippen LogP) is 3.96. The molecule has 1 saturated carbocycles. The van der Waals surface area contributed by atoms with Crippen LogP contribution in [0.4, 0.5) is 0 Å². The number of aromatic nitrogens is 3. The lowest BCUT2D eigenvalue weighted by atomic mass is 9.51. The quantitative estimate of drug-likeness (QED) is 0.739. The minimum absolute atomic E-state index is 0.0109. The van der Waals surface area contributed by atoms with Crippen LogP contribution in [0.15, 0.2) is 18.5 Å². The third-order valence-corrected chi connectivity index (χ3v) is 5.93. The van der Waals surface area contributed by atoms with Gasteiger partial charge in [0.15, 0.2) is 5.65 Å². The number of Topliss-reactive ketones (excluding diaryl/α,β-unsaturated/α-hetero) is 1. The van der Waals surface area contributed by atoms with Gasteiger partial charge >= 0.3 is 0 Å². The highest BCUT2D eigenvalue weighted by molar-refractivity contribution is 5.86. The zero-order valence-corrected chi connectivity index (χ0v) is 14.9. The van der Waals surface area contributed by atoms with Gasteiger partial charge in [-0.15, -0.1) is 0 Å². The summed E-state index contributed by atoms with van der Waals surface area (Å²) >= 11 is 0.